The van der Waals surface area contributed by atoms with Gasteiger partial charge in [0.2, 0.25) is 5.91 Å². The molecule has 6 heteroatoms. The first kappa shape index (κ1) is 15.5. The van der Waals surface area contributed by atoms with Crippen molar-refractivity contribution in [3.63, 3.8) is 0 Å². The molecular formula is C15H20N2O4. The number of carboxylic acid groups (broad SMARTS) is 1. The fourth-order valence-electron chi connectivity index (χ4n) is 2.43. The topological polar surface area (TPSA) is 102 Å². The number of nitrogens with one attached hydrogen (secondary N) is 1. The number of carbonyl (C=O) groups is 2. The summed E-state index contributed by atoms with van der Waals surface area (Å²) >= 11 is 0. The lowest BCUT2D eigenvalue weighted by molar-refractivity contribution is -0.136. The van der Waals surface area contributed by atoms with Crippen LogP contribution in [0.2, 0.25) is 0 Å². The summed E-state index contributed by atoms with van der Waals surface area (Å²) in [5.74, 6) is -0.977. The van der Waals surface area contributed by atoms with E-state index in [1.807, 2.05) is 0 Å². The lowest BCUT2D eigenvalue weighted by Gasteiger charge is -2.34. The maximum atomic E-state index is 12.4. The maximum absolute atomic E-state index is 12.4. The molecule has 1 amide bonds. The average molecular weight is 292 g/mol. The number of nitrogens with two attached hydrogens (primary N) is 1. The van der Waals surface area contributed by atoms with Gasteiger partial charge in [-0.05, 0) is 30.5 Å². The van der Waals surface area contributed by atoms with Gasteiger partial charge in [0, 0.05) is 25.4 Å². The molecule has 4 N–H and O–H groups in total. The van der Waals surface area contributed by atoms with Gasteiger partial charge in [0.25, 0.3) is 0 Å². The van der Waals surface area contributed by atoms with Crippen molar-refractivity contribution in [1.29, 1.82) is 0 Å². The van der Waals surface area contributed by atoms with Gasteiger partial charge in [-0.1, -0.05) is 12.1 Å². The van der Waals surface area contributed by atoms with Gasteiger partial charge in [-0.3, -0.25) is 9.59 Å². The van der Waals surface area contributed by atoms with Gasteiger partial charge in [0.1, 0.15) is 0 Å². The minimum atomic E-state index is -0.879. The van der Waals surface area contributed by atoms with Crippen molar-refractivity contribution >= 4 is 17.6 Å². The first-order valence-corrected chi connectivity index (χ1v) is 6.96. The summed E-state index contributed by atoms with van der Waals surface area (Å²) in [6.07, 6.45) is 1.21. The quantitative estimate of drug-likeness (QED) is 0.751. The van der Waals surface area contributed by atoms with Gasteiger partial charge >= 0.3 is 5.97 Å². The Morgan fingerprint density at radius 3 is 2.38 bits per heavy atom. The summed E-state index contributed by atoms with van der Waals surface area (Å²) in [5, 5.41) is 11.6. The fourth-order valence-corrected chi connectivity index (χ4v) is 2.43. The first-order chi connectivity index (χ1) is 10.1. The molecule has 6 nitrogen and oxygen atoms in total. The monoisotopic (exact) mass is 292 g/mol. The molecule has 0 aliphatic carbocycles. The zero-order valence-corrected chi connectivity index (χ0v) is 11.8. The highest BCUT2D eigenvalue weighted by molar-refractivity contribution is 5.95. The maximum Gasteiger partial charge on any atom is 0.307 e. The van der Waals surface area contributed by atoms with Crippen LogP contribution in [0.15, 0.2) is 24.3 Å². The van der Waals surface area contributed by atoms with Crippen LogP contribution in [0.25, 0.3) is 0 Å². The second-order valence-corrected chi connectivity index (χ2v) is 5.32. The van der Waals surface area contributed by atoms with Gasteiger partial charge < -0.3 is 20.9 Å². The van der Waals surface area contributed by atoms with Crippen molar-refractivity contribution in [2.45, 2.75) is 19.3 Å². The van der Waals surface area contributed by atoms with E-state index in [0.717, 1.165) is 0 Å². The zero-order valence-electron chi connectivity index (χ0n) is 11.8. The number of hydrogen-bond donors (Lipinski definition) is 3. The Balaban J connectivity index is 2.03. The molecule has 0 atom stereocenters. The molecule has 0 unspecified atom stereocenters. The van der Waals surface area contributed by atoms with Crippen molar-refractivity contribution in [3.8, 4) is 0 Å². The Bertz CT molecular complexity index is 507. The van der Waals surface area contributed by atoms with Crippen molar-refractivity contribution in [3.05, 3.63) is 29.8 Å². The average Bonchev–Trinajstić information content (AvgIpc) is 2.49. The van der Waals surface area contributed by atoms with Crippen LogP contribution in [0, 0.1) is 5.41 Å². The van der Waals surface area contributed by atoms with E-state index in [9.17, 15) is 9.59 Å². The largest absolute Gasteiger partial charge is 0.481 e. The summed E-state index contributed by atoms with van der Waals surface area (Å²) < 4.78 is 5.29. The second kappa shape index (κ2) is 6.69. The number of ether oxygens (including phenoxy) is 1. The van der Waals surface area contributed by atoms with E-state index in [1.54, 1.807) is 24.3 Å². The highest BCUT2D eigenvalue weighted by atomic mass is 16.5. The number of carboxylic acids is 1. The molecule has 0 bridgehead atoms. The molecular weight excluding hydrogens is 272 g/mol. The molecule has 1 aromatic rings. The molecule has 1 saturated heterocycles. The lowest BCUT2D eigenvalue weighted by Crippen LogP contribution is -2.46. The summed E-state index contributed by atoms with van der Waals surface area (Å²) in [5.41, 5.74) is 6.56. The first-order valence-electron chi connectivity index (χ1n) is 6.96. The highest BCUT2D eigenvalue weighted by Gasteiger charge is 2.38. The lowest BCUT2D eigenvalue weighted by atomic mass is 9.79. The molecule has 0 spiro atoms. The number of aliphatic carboxylic acids is 1. The van der Waals surface area contributed by atoms with E-state index in [2.05, 4.69) is 5.32 Å². The van der Waals surface area contributed by atoms with E-state index < -0.39 is 11.4 Å². The van der Waals surface area contributed by atoms with Gasteiger partial charge in [-0.25, -0.2) is 0 Å². The normalized spacial score (nSPS) is 17.2. The van der Waals surface area contributed by atoms with E-state index >= 15 is 0 Å². The molecule has 1 heterocycles. The van der Waals surface area contributed by atoms with Crippen molar-refractivity contribution in [2.75, 3.05) is 25.1 Å². The summed E-state index contributed by atoms with van der Waals surface area (Å²) in [6.45, 7) is 1.38. The van der Waals surface area contributed by atoms with Gasteiger partial charge in [-0.2, -0.15) is 0 Å². The van der Waals surface area contributed by atoms with E-state index in [0.29, 0.717) is 43.9 Å². The Kier molecular flexibility index (Phi) is 4.93. The van der Waals surface area contributed by atoms with Crippen LogP contribution >= 0.6 is 0 Å². The van der Waals surface area contributed by atoms with E-state index in [1.165, 1.54) is 0 Å². The third-order valence-electron chi connectivity index (χ3n) is 3.89. The minimum absolute atomic E-state index is 0.0295. The number of rotatable bonds is 5. The van der Waals surface area contributed by atoms with Crippen LogP contribution in [0.4, 0.5) is 5.69 Å². The minimum Gasteiger partial charge on any atom is -0.481 e. The molecule has 2 rings (SSSR count). The molecule has 0 radical (unpaired) electrons. The summed E-state index contributed by atoms with van der Waals surface area (Å²) in [4.78, 5) is 23.1. The Hall–Kier alpha value is -1.92. The number of benzene rings is 1. The fraction of sp³-hybridized carbons (Fsp3) is 0.467. The Labute approximate surface area is 123 Å². The molecule has 1 aromatic carbocycles. The molecule has 1 fully saturated rings. The van der Waals surface area contributed by atoms with Gasteiger partial charge in [0.15, 0.2) is 0 Å². The predicted molar refractivity (Wildman–Crippen MR) is 78.0 cm³/mol. The molecule has 0 aromatic heterocycles. The van der Waals surface area contributed by atoms with Crippen LogP contribution < -0.4 is 11.1 Å². The zero-order chi connectivity index (χ0) is 15.3. The second-order valence-electron chi connectivity index (χ2n) is 5.32. The molecule has 21 heavy (non-hydrogen) atoms. The number of carbonyl (C=O) groups excluding carboxylic acids is 1. The molecule has 1 aliphatic rings. The van der Waals surface area contributed by atoms with Gasteiger partial charge in [-0.15, -0.1) is 0 Å². The third kappa shape index (κ3) is 3.80. The van der Waals surface area contributed by atoms with Gasteiger partial charge in [0.05, 0.1) is 11.8 Å². The standard InChI is InChI=1S/C15H20N2O4/c16-10-15(5-7-21-8-6-15)14(20)17-12-3-1-11(2-4-12)9-13(18)19/h1-4H,5-10,16H2,(H,17,20)(H,18,19). The molecule has 1 aliphatic heterocycles. The molecule has 114 valence electrons. The van der Waals surface area contributed by atoms with E-state index in [4.69, 9.17) is 15.6 Å². The van der Waals surface area contributed by atoms with Crippen molar-refractivity contribution < 1.29 is 19.4 Å². The smallest absolute Gasteiger partial charge is 0.307 e. The highest BCUT2D eigenvalue weighted by Crippen LogP contribution is 2.30. The summed E-state index contributed by atoms with van der Waals surface area (Å²) in [6, 6.07) is 6.81. The van der Waals surface area contributed by atoms with Crippen LogP contribution in [-0.4, -0.2) is 36.7 Å². The van der Waals surface area contributed by atoms with Crippen LogP contribution in [0.5, 0.6) is 0 Å². The van der Waals surface area contributed by atoms with Crippen LogP contribution in [-0.2, 0) is 20.7 Å². The third-order valence-corrected chi connectivity index (χ3v) is 3.89. The van der Waals surface area contributed by atoms with Crippen molar-refractivity contribution in [1.82, 2.24) is 0 Å². The van der Waals surface area contributed by atoms with Crippen LogP contribution in [0.3, 0.4) is 0 Å². The number of amides is 1. The Morgan fingerprint density at radius 2 is 1.86 bits per heavy atom. The van der Waals surface area contributed by atoms with Crippen molar-refractivity contribution in [2.24, 2.45) is 11.1 Å². The predicted octanol–water partition coefficient (Wildman–Crippen LogP) is 1.01. The summed E-state index contributed by atoms with van der Waals surface area (Å²) in [7, 11) is 0. The molecule has 0 saturated carbocycles. The SMILES string of the molecule is NCC1(C(=O)Nc2ccc(CC(=O)O)cc2)CCOCC1. The Morgan fingerprint density at radius 1 is 1.24 bits per heavy atom. The number of anilines is 1. The number of hydrogen-bond acceptors (Lipinski definition) is 4. The van der Waals surface area contributed by atoms with E-state index in [-0.39, 0.29) is 12.3 Å². The van der Waals surface area contributed by atoms with Crippen LogP contribution in [0.1, 0.15) is 18.4 Å².